The van der Waals surface area contributed by atoms with Crippen LogP contribution in [0.2, 0.25) is 0 Å². The Morgan fingerprint density at radius 3 is 2.20 bits per heavy atom. The van der Waals surface area contributed by atoms with Crippen molar-refractivity contribution in [2.45, 2.75) is 40.0 Å². The molecule has 0 saturated carbocycles. The molecular formula is C18H23NSi. The van der Waals surface area contributed by atoms with Crippen molar-refractivity contribution >= 4 is 37.2 Å². The number of H-pyrrole nitrogens is 1. The molecule has 0 bridgehead atoms. The predicted octanol–water partition coefficient (Wildman–Crippen LogP) is 3.00. The third-order valence-electron chi connectivity index (χ3n) is 4.62. The van der Waals surface area contributed by atoms with Crippen LogP contribution in [0, 0.1) is 0 Å². The Morgan fingerprint density at radius 1 is 0.900 bits per heavy atom. The van der Waals surface area contributed by atoms with Gasteiger partial charge in [-0.1, -0.05) is 39.0 Å². The number of fused-ring (bicyclic) bond motifs is 3. The second-order valence-corrected chi connectivity index (χ2v) is 6.54. The molecule has 0 aliphatic rings. The minimum absolute atomic E-state index is 1.11. The lowest BCUT2D eigenvalue weighted by Crippen LogP contribution is -2.16. The van der Waals surface area contributed by atoms with Gasteiger partial charge < -0.3 is 4.98 Å². The van der Waals surface area contributed by atoms with Gasteiger partial charge in [0.15, 0.2) is 0 Å². The van der Waals surface area contributed by atoms with E-state index in [1.165, 1.54) is 21.8 Å². The number of benzene rings is 2. The maximum atomic E-state index is 3.68. The molecule has 0 amide bonds. The zero-order chi connectivity index (χ0) is 14.3. The zero-order valence-electron chi connectivity index (χ0n) is 12.9. The van der Waals surface area contributed by atoms with Gasteiger partial charge in [0.05, 0.1) is 0 Å². The smallest absolute Gasteiger partial charge is 0.0464 e. The van der Waals surface area contributed by atoms with E-state index in [0.717, 1.165) is 29.5 Å². The van der Waals surface area contributed by atoms with E-state index in [-0.39, 0.29) is 0 Å². The van der Waals surface area contributed by atoms with Gasteiger partial charge in [0.1, 0.15) is 0 Å². The van der Waals surface area contributed by atoms with Crippen LogP contribution in [0.3, 0.4) is 0 Å². The van der Waals surface area contributed by atoms with Gasteiger partial charge in [-0.15, -0.1) is 0 Å². The first kappa shape index (κ1) is 13.4. The number of aryl methyl sites for hydroxylation is 1. The van der Waals surface area contributed by atoms with Crippen molar-refractivity contribution in [2.75, 3.05) is 0 Å². The second-order valence-electron chi connectivity index (χ2n) is 5.54. The maximum absolute atomic E-state index is 3.68. The second kappa shape index (κ2) is 5.10. The van der Waals surface area contributed by atoms with Gasteiger partial charge in [-0.3, -0.25) is 0 Å². The lowest BCUT2D eigenvalue weighted by molar-refractivity contribution is 1.00. The third-order valence-corrected chi connectivity index (χ3v) is 5.73. The van der Waals surface area contributed by atoms with E-state index >= 15 is 0 Å². The first-order valence-electron chi connectivity index (χ1n) is 7.76. The van der Waals surface area contributed by atoms with Crippen molar-refractivity contribution in [1.29, 1.82) is 0 Å². The average Bonchev–Trinajstić information content (AvgIpc) is 2.87. The normalized spacial score (nSPS) is 11.8. The summed E-state index contributed by atoms with van der Waals surface area (Å²) in [4.78, 5) is 3.68. The first-order valence-corrected chi connectivity index (χ1v) is 8.76. The molecule has 1 aromatic heterocycles. The molecule has 1 heterocycles. The van der Waals surface area contributed by atoms with Crippen LogP contribution in [0.15, 0.2) is 24.3 Å². The monoisotopic (exact) mass is 281 g/mol. The highest BCUT2D eigenvalue weighted by molar-refractivity contribution is 6.41. The molecule has 2 heteroatoms. The molecule has 0 spiro atoms. The minimum Gasteiger partial charge on any atom is -0.355 e. The van der Waals surface area contributed by atoms with E-state index in [0.29, 0.717) is 0 Å². The Morgan fingerprint density at radius 2 is 1.55 bits per heavy atom. The van der Waals surface area contributed by atoms with Gasteiger partial charge in [0, 0.05) is 32.0 Å². The van der Waals surface area contributed by atoms with Crippen molar-refractivity contribution in [1.82, 2.24) is 4.98 Å². The van der Waals surface area contributed by atoms with E-state index in [9.17, 15) is 0 Å². The Hall–Kier alpha value is -1.54. The highest BCUT2D eigenvalue weighted by Gasteiger charge is 2.17. The quantitative estimate of drug-likeness (QED) is 0.710. The molecule has 1 N–H and O–H groups in total. The molecule has 0 radical (unpaired) electrons. The summed E-state index contributed by atoms with van der Waals surface area (Å²) in [6.07, 6.45) is 3.42. The van der Waals surface area contributed by atoms with E-state index in [1.807, 2.05) is 0 Å². The molecular weight excluding hydrogens is 258 g/mol. The summed E-state index contributed by atoms with van der Waals surface area (Å²) in [7, 11) is 1.11. The van der Waals surface area contributed by atoms with Gasteiger partial charge in [-0.05, 0) is 47.2 Å². The lowest BCUT2D eigenvalue weighted by atomic mass is 9.91. The molecule has 0 aliphatic carbocycles. The Balaban J connectivity index is 2.58. The van der Waals surface area contributed by atoms with Crippen molar-refractivity contribution in [3.63, 3.8) is 0 Å². The van der Waals surface area contributed by atoms with Crippen molar-refractivity contribution in [3.05, 3.63) is 41.0 Å². The standard InChI is InChI=1S/C18H23NSi/c1-4-11-12(5-2)16-14-9-7-8-10-15(14)19-17(16)18(20)13(11)6-3/h7-10,19H,4-6H2,1-3,20H3. The number of hydrogen-bond donors (Lipinski definition) is 1. The molecule has 0 atom stereocenters. The predicted molar refractivity (Wildman–Crippen MR) is 93.5 cm³/mol. The molecule has 1 nitrogen and oxygen atoms in total. The molecule has 104 valence electrons. The number of nitrogens with one attached hydrogen (secondary N) is 1. The van der Waals surface area contributed by atoms with Crippen LogP contribution in [-0.2, 0) is 19.3 Å². The summed E-state index contributed by atoms with van der Waals surface area (Å²) in [5.74, 6) is 0. The molecule has 0 unspecified atom stereocenters. The number of para-hydroxylation sites is 1. The van der Waals surface area contributed by atoms with Crippen molar-refractivity contribution < 1.29 is 0 Å². The molecule has 20 heavy (non-hydrogen) atoms. The molecule has 3 aromatic rings. The van der Waals surface area contributed by atoms with Crippen LogP contribution in [0.5, 0.6) is 0 Å². The summed E-state index contributed by atoms with van der Waals surface area (Å²) in [5, 5.41) is 4.46. The largest absolute Gasteiger partial charge is 0.355 e. The average molecular weight is 281 g/mol. The molecule has 3 rings (SSSR count). The van der Waals surface area contributed by atoms with Gasteiger partial charge >= 0.3 is 0 Å². The zero-order valence-corrected chi connectivity index (χ0v) is 14.9. The molecule has 0 aliphatic heterocycles. The van der Waals surface area contributed by atoms with Crippen LogP contribution in [0.25, 0.3) is 21.8 Å². The fourth-order valence-electron chi connectivity index (χ4n) is 3.74. The molecule has 0 saturated heterocycles. The Kier molecular flexibility index (Phi) is 3.43. The van der Waals surface area contributed by atoms with Crippen molar-refractivity contribution in [2.24, 2.45) is 0 Å². The number of hydrogen-bond acceptors (Lipinski definition) is 0. The SMILES string of the molecule is CCc1c(CC)c(CC)c2c([nH]c3ccccc32)c1[SiH3]. The van der Waals surface area contributed by atoms with Crippen LogP contribution < -0.4 is 5.19 Å². The Labute approximate surface area is 123 Å². The van der Waals surface area contributed by atoms with E-state index < -0.39 is 0 Å². The van der Waals surface area contributed by atoms with E-state index in [1.54, 1.807) is 21.9 Å². The van der Waals surface area contributed by atoms with Crippen LogP contribution in [0.1, 0.15) is 37.5 Å². The number of aromatic nitrogens is 1. The van der Waals surface area contributed by atoms with Crippen LogP contribution >= 0.6 is 0 Å². The topological polar surface area (TPSA) is 15.8 Å². The summed E-state index contributed by atoms with van der Waals surface area (Å²) >= 11 is 0. The lowest BCUT2D eigenvalue weighted by Gasteiger charge is -2.17. The fraction of sp³-hybridized carbons (Fsp3) is 0.333. The third kappa shape index (κ3) is 1.75. The van der Waals surface area contributed by atoms with Gasteiger partial charge in [0.25, 0.3) is 0 Å². The van der Waals surface area contributed by atoms with Gasteiger partial charge in [-0.25, -0.2) is 0 Å². The summed E-state index contributed by atoms with van der Waals surface area (Å²) < 4.78 is 0. The summed E-state index contributed by atoms with van der Waals surface area (Å²) in [6, 6.07) is 8.74. The van der Waals surface area contributed by atoms with Crippen LogP contribution in [0.4, 0.5) is 0 Å². The number of rotatable bonds is 3. The van der Waals surface area contributed by atoms with Gasteiger partial charge in [-0.2, -0.15) is 0 Å². The summed E-state index contributed by atoms with van der Waals surface area (Å²) in [5.41, 5.74) is 7.47. The van der Waals surface area contributed by atoms with Crippen LogP contribution in [-0.4, -0.2) is 15.2 Å². The Bertz CT molecular complexity index is 783. The number of aromatic amines is 1. The first-order chi connectivity index (χ1) is 9.72. The minimum atomic E-state index is 1.11. The highest BCUT2D eigenvalue weighted by Crippen LogP contribution is 2.32. The highest BCUT2D eigenvalue weighted by atomic mass is 28.1. The van der Waals surface area contributed by atoms with Gasteiger partial charge in [0.2, 0.25) is 0 Å². The van der Waals surface area contributed by atoms with E-state index in [4.69, 9.17) is 0 Å². The van der Waals surface area contributed by atoms with Crippen molar-refractivity contribution in [3.8, 4) is 0 Å². The molecule has 0 fully saturated rings. The fourth-order valence-corrected chi connectivity index (χ4v) is 4.77. The maximum Gasteiger partial charge on any atom is 0.0464 e. The molecule has 2 aromatic carbocycles. The summed E-state index contributed by atoms with van der Waals surface area (Å²) in [6.45, 7) is 6.89. The van der Waals surface area contributed by atoms with E-state index in [2.05, 4.69) is 50.0 Å².